The zero-order chi connectivity index (χ0) is 10.1. The van der Waals surface area contributed by atoms with Crippen LogP contribution in [0.4, 0.5) is 0 Å². The van der Waals surface area contributed by atoms with Gasteiger partial charge in [-0.05, 0) is 12.3 Å². The van der Waals surface area contributed by atoms with Gasteiger partial charge in [-0.3, -0.25) is 9.59 Å². The van der Waals surface area contributed by atoms with Gasteiger partial charge in [0.15, 0.2) is 0 Å². The number of hydrogen-bond donors (Lipinski definition) is 1. The molecular formula is C10H16O3. The fraction of sp³-hybridized carbons (Fsp3) is 0.800. The van der Waals surface area contributed by atoms with Crippen molar-refractivity contribution in [2.75, 3.05) is 0 Å². The highest BCUT2D eigenvalue weighted by molar-refractivity contribution is 5.90. The summed E-state index contributed by atoms with van der Waals surface area (Å²) in [5, 5.41) is 9.13. The van der Waals surface area contributed by atoms with Crippen molar-refractivity contribution in [2.45, 2.75) is 39.5 Å². The Morgan fingerprint density at radius 2 is 2.23 bits per heavy atom. The number of carboxylic acid groups (broad SMARTS) is 1. The molecule has 0 aromatic heterocycles. The molecule has 0 saturated heterocycles. The van der Waals surface area contributed by atoms with E-state index in [0.717, 1.165) is 6.42 Å². The second-order valence-electron chi connectivity index (χ2n) is 3.84. The van der Waals surface area contributed by atoms with Crippen LogP contribution < -0.4 is 0 Å². The number of hydrogen-bond acceptors (Lipinski definition) is 2. The van der Waals surface area contributed by atoms with Gasteiger partial charge in [0.25, 0.3) is 0 Å². The minimum atomic E-state index is -0.798. The van der Waals surface area contributed by atoms with Crippen molar-refractivity contribution in [2.24, 2.45) is 11.3 Å². The molecule has 1 saturated carbocycles. The van der Waals surface area contributed by atoms with E-state index in [1.165, 1.54) is 0 Å². The van der Waals surface area contributed by atoms with E-state index in [1.54, 1.807) is 0 Å². The molecule has 1 rings (SSSR count). The molecule has 0 aromatic carbocycles. The molecule has 0 spiro atoms. The van der Waals surface area contributed by atoms with Gasteiger partial charge in [0.05, 0.1) is 5.41 Å². The Labute approximate surface area is 78.1 Å². The van der Waals surface area contributed by atoms with Gasteiger partial charge >= 0.3 is 5.97 Å². The molecule has 2 atom stereocenters. The lowest BCUT2D eigenvalue weighted by molar-refractivity contribution is -0.152. The van der Waals surface area contributed by atoms with Crippen LogP contribution in [-0.4, -0.2) is 16.9 Å². The van der Waals surface area contributed by atoms with Crippen LogP contribution in [0.1, 0.15) is 39.5 Å². The van der Waals surface area contributed by atoms with Gasteiger partial charge in [0, 0.05) is 12.8 Å². The van der Waals surface area contributed by atoms with Crippen molar-refractivity contribution in [3.8, 4) is 0 Å². The minimum absolute atomic E-state index is 0.0440. The van der Waals surface area contributed by atoms with Crippen LogP contribution in [0.5, 0.6) is 0 Å². The molecule has 3 nitrogen and oxygen atoms in total. The molecule has 0 aromatic rings. The van der Waals surface area contributed by atoms with Crippen molar-refractivity contribution in [3.05, 3.63) is 0 Å². The summed E-state index contributed by atoms with van der Waals surface area (Å²) in [4.78, 5) is 22.3. The van der Waals surface area contributed by atoms with E-state index in [1.807, 2.05) is 13.8 Å². The van der Waals surface area contributed by atoms with E-state index in [2.05, 4.69) is 0 Å². The molecule has 2 unspecified atom stereocenters. The van der Waals surface area contributed by atoms with Crippen molar-refractivity contribution in [1.29, 1.82) is 0 Å². The third-order valence-electron chi connectivity index (χ3n) is 3.32. The first kappa shape index (κ1) is 10.2. The van der Waals surface area contributed by atoms with Gasteiger partial charge in [-0.15, -0.1) is 0 Å². The summed E-state index contributed by atoms with van der Waals surface area (Å²) < 4.78 is 0. The lowest BCUT2D eigenvalue weighted by Crippen LogP contribution is -2.34. The van der Waals surface area contributed by atoms with Crippen molar-refractivity contribution >= 4 is 11.8 Å². The SMILES string of the molecule is CCC1CC(=O)CC1(CC)C(=O)O. The van der Waals surface area contributed by atoms with Crippen molar-refractivity contribution < 1.29 is 14.7 Å². The number of aliphatic carboxylic acids is 1. The minimum Gasteiger partial charge on any atom is -0.481 e. The van der Waals surface area contributed by atoms with Crippen LogP contribution in [0.25, 0.3) is 0 Å². The lowest BCUT2D eigenvalue weighted by atomic mass is 9.74. The number of ketones is 1. The molecule has 1 fully saturated rings. The van der Waals surface area contributed by atoms with E-state index >= 15 is 0 Å². The predicted molar refractivity (Wildman–Crippen MR) is 48.4 cm³/mol. The van der Waals surface area contributed by atoms with Gasteiger partial charge < -0.3 is 5.11 Å². The Kier molecular flexibility index (Phi) is 2.74. The molecule has 13 heavy (non-hydrogen) atoms. The smallest absolute Gasteiger partial charge is 0.310 e. The molecule has 0 heterocycles. The lowest BCUT2D eigenvalue weighted by Gasteiger charge is -2.28. The second-order valence-corrected chi connectivity index (χ2v) is 3.84. The maximum atomic E-state index is 11.2. The summed E-state index contributed by atoms with van der Waals surface area (Å²) in [6, 6.07) is 0. The Hall–Kier alpha value is -0.860. The first-order valence-corrected chi connectivity index (χ1v) is 4.82. The fourth-order valence-corrected chi connectivity index (χ4v) is 2.39. The number of Topliss-reactive ketones (excluding diaryl/α,β-unsaturated/α-hetero) is 1. The highest BCUT2D eigenvalue weighted by atomic mass is 16.4. The molecule has 1 aliphatic rings. The van der Waals surface area contributed by atoms with E-state index in [-0.39, 0.29) is 18.1 Å². The monoisotopic (exact) mass is 184 g/mol. The Balaban J connectivity index is 2.96. The van der Waals surface area contributed by atoms with E-state index in [9.17, 15) is 9.59 Å². The predicted octanol–water partition coefficient (Wildman–Crippen LogP) is 1.86. The quantitative estimate of drug-likeness (QED) is 0.728. The van der Waals surface area contributed by atoms with E-state index in [0.29, 0.717) is 12.8 Å². The summed E-state index contributed by atoms with van der Waals surface area (Å²) in [5.41, 5.74) is -0.758. The average Bonchev–Trinajstić information content (AvgIpc) is 2.42. The number of carboxylic acids is 1. The summed E-state index contributed by atoms with van der Waals surface area (Å²) >= 11 is 0. The number of carbonyl (C=O) groups is 2. The van der Waals surface area contributed by atoms with E-state index in [4.69, 9.17) is 5.11 Å². The molecule has 1 N–H and O–H groups in total. The Morgan fingerprint density at radius 1 is 1.62 bits per heavy atom. The van der Waals surface area contributed by atoms with E-state index < -0.39 is 11.4 Å². The van der Waals surface area contributed by atoms with Crippen molar-refractivity contribution in [1.82, 2.24) is 0 Å². The van der Waals surface area contributed by atoms with Crippen LogP contribution in [0.3, 0.4) is 0 Å². The molecule has 0 aliphatic heterocycles. The third kappa shape index (κ3) is 1.47. The van der Waals surface area contributed by atoms with Gasteiger partial charge in [-0.1, -0.05) is 20.3 Å². The molecule has 74 valence electrons. The molecule has 1 aliphatic carbocycles. The standard InChI is InChI=1S/C10H16O3/c1-3-7-5-8(11)6-10(7,4-2)9(12)13/h7H,3-6H2,1-2H3,(H,12,13). The molecule has 3 heteroatoms. The Bertz CT molecular complexity index is 234. The fourth-order valence-electron chi connectivity index (χ4n) is 2.39. The normalized spacial score (nSPS) is 33.7. The highest BCUT2D eigenvalue weighted by Crippen LogP contribution is 2.45. The van der Waals surface area contributed by atoms with Gasteiger partial charge in [0.2, 0.25) is 0 Å². The summed E-state index contributed by atoms with van der Waals surface area (Å²) in [6.07, 6.45) is 2.03. The van der Waals surface area contributed by atoms with Gasteiger partial charge in [-0.25, -0.2) is 0 Å². The maximum Gasteiger partial charge on any atom is 0.310 e. The third-order valence-corrected chi connectivity index (χ3v) is 3.32. The largest absolute Gasteiger partial charge is 0.481 e. The van der Waals surface area contributed by atoms with Gasteiger partial charge in [0.1, 0.15) is 5.78 Å². The average molecular weight is 184 g/mol. The number of carbonyl (C=O) groups excluding carboxylic acids is 1. The van der Waals surface area contributed by atoms with Crippen molar-refractivity contribution in [3.63, 3.8) is 0 Å². The molecule has 0 radical (unpaired) electrons. The highest BCUT2D eigenvalue weighted by Gasteiger charge is 2.50. The second kappa shape index (κ2) is 3.48. The van der Waals surface area contributed by atoms with Crippen LogP contribution in [0.2, 0.25) is 0 Å². The zero-order valence-corrected chi connectivity index (χ0v) is 8.17. The van der Waals surface area contributed by atoms with Crippen LogP contribution in [0.15, 0.2) is 0 Å². The van der Waals surface area contributed by atoms with Crippen LogP contribution in [-0.2, 0) is 9.59 Å². The van der Waals surface area contributed by atoms with Gasteiger partial charge in [-0.2, -0.15) is 0 Å². The summed E-state index contributed by atoms with van der Waals surface area (Å²) in [5.74, 6) is -0.647. The first-order valence-electron chi connectivity index (χ1n) is 4.82. The molecule has 0 amide bonds. The summed E-state index contributed by atoms with van der Waals surface area (Å²) in [6.45, 7) is 3.81. The molecule has 0 bridgehead atoms. The first-order chi connectivity index (χ1) is 6.06. The maximum absolute atomic E-state index is 11.2. The van der Waals surface area contributed by atoms with Crippen LogP contribution in [0, 0.1) is 11.3 Å². The summed E-state index contributed by atoms with van der Waals surface area (Å²) in [7, 11) is 0. The molecular weight excluding hydrogens is 168 g/mol. The van der Waals surface area contributed by atoms with Crippen LogP contribution >= 0.6 is 0 Å². The Morgan fingerprint density at radius 3 is 2.54 bits per heavy atom. The topological polar surface area (TPSA) is 54.4 Å². The number of rotatable bonds is 3. The zero-order valence-electron chi connectivity index (χ0n) is 8.17.